The molecule has 0 aliphatic heterocycles. The zero-order valence-corrected chi connectivity index (χ0v) is 16.1. The lowest BCUT2D eigenvalue weighted by Crippen LogP contribution is -2.47. The van der Waals surface area contributed by atoms with Gasteiger partial charge in [-0.1, -0.05) is 55.0 Å². The smallest absolute Gasteiger partial charge is 0.411 e. The van der Waals surface area contributed by atoms with E-state index in [1.165, 1.54) is 12.0 Å². The number of carboxylic acids is 1. The fourth-order valence-electron chi connectivity index (χ4n) is 3.96. The van der Waals surface area contributed by atoms with Crippen LogP contribution >= 0.6 is 0 Å². The number of hydrogen-bond donors (Lipinski definition) is 1. The number of unbranched alkanes of at least 4 members (excludes halogenated alkanes) is 1. The Bertz CT molecular complexity index is 841. The van der Waals surface area contributed by atoms with Crippen molar-refractivity contribution >= 4 is 12.1 Å². The summed E-state index contributed by atoms with van der Waals surface area (Å²) < 4.78 is 29.8. The third-order valence-electron chi connectivity index (χ3n) is 5.24. The molecule has 0 saturated heterocycles. The van der Waals surface area contributed by atoms with Gasteiger partial charge in [0.15, 0.2) is 0 Å². The molecular formula is C22H23F2NO4. The highest BCUT2D eigenvalue weighted by Gasteiger charge is 2.41. The van der Waals surface area contributed by atoms with Crippen molar-refractivity contribution in [1.29, 1.82) is 0 Å². The van der Waals surface area contributed by atoms with Gasteiger partial charge in [-0.25, -0.2) is 18.4 Å². The average Bonchev–Trinajstić information content (AvgIpc) is 3.04. The molecule has 0 bridgehead atoms. The fraction of sp³-hybridized carbons (Fsp3) is 0.364. The number of carbonyl (C=O) groups excluding carboxylic acids is 1. The lowest BCUT2D eigenvalue weighted by molar-refractivity contribution is -0.143. The van der Waals surface area contributed by atoms with E-state index in [1.54, 1.807) is 0 Å². The van der Waals surface area contributed by atoms with Gasteiger partial charge in [0, 0.05) is 6.42 Å². The number of ether oxygens (including phenoxy) is 1. The Morgan fingerprint density at radius 3 is 2.00 bits per heavy atom. The summed E-state index contributed by atoms with van der Waals surface area (Å²) in [6.07, 6.45) is -2.96. The first-order valence-electron chi connectivity index (χ1n) is 9.51. The van der Waals surface area contributed by atoms with Gasteiger partial charge < -0.3 is 9.84 Å². The maximum atomic E-state index is 12.7. The number of aliphatic carboxylic acids is 1. The van der Waals surface area contributed by atoms with E-state index in [0.29, 0.717) is 0 Å². The van der Waals surface area contributed by atoms with Crippen LogP contribution in [0.3, 0.4) is 0 Å². The highest BCUT2D eigenvalue weighted by Crippen LogP contribution is 2.47. The van der Waals surface area contributed by atoms with Crippen molar-refractivity contribution in [3.63, 3.8) is 0 Å². The topological polar surface area (TPSA) is 66.8 Å². The van der Waals surface area contributed by atoms with E-state index in [-0.39, 0.29) is 25.7 Å². The quantitative estimate of drug-likeness (QED) is 0.623. The van der Waals surface area contributed by atoms with Gasteiger partial charge >= 0.3 is 12.1 Å². The molecule has 0 heterocycles. The molecule has 2 aromatic rings. The number of nitrogens with zero attached hydrogens (tertiary/aromatic N) is 1. The summed E-state index contributed by atoms with van der Waals surface area (Å²) in [7, 11) is 1.21. The molecule has 1 atom stereocenters. The van der Waals surface area contributed by atoms with E-state index in [0.717, 1.165) is 22.3 Å². The van der Waals surface area contributed by atoms with Crippen LogP contribution in [0.1, 0.15) is 42.9 Å². The molecule has 1 amide bonds. The molecule has 2 aromatic carbocycles. The van der Waals surface area contributed by atoms with E-state index in [2.05, 4.69) is 0 Å². The van der Waals surface area contributed by atoms with Gasteiger partial charge in [-0.3, -0.25) is 4.90 Å². The lowest BCUT2D eigenvalue weighted by Gasteiger charge is -2.34. The Hall–Kier alpha value is -2.96. The molecule has 1 aliphatic rings. The summed E-state index contributed by atoms with van der Waals surface area (Å²) in [5.74, 6) is -1.19. The largest absolute Gasteiger partial charge is 0.480 e. The third kappa shape index (κ3) is 4.23. The van der Waals surface area contributed by atoms with Crippen molar-refractivity contribution in [3.05, 3.63) is 59.7 Å². The maximum Gasteiger partial charge on any atom is 0.411 e. The van der Waals surface area contributed by atoms with Crippen LogP contribution in [-0.4, -0.2) is 41.6 Å². The SMILES string of the molecule is COC(=O)N(C1c2ccccc2-c2ccccc21)[C@@H](CCCCC(F)F)C(=O)O. The number of fused-ring (bicyclic) bond motifs is 3. The van der Waals surface area contributed by atoms with E-state index < -0.39 is 30.6 Å². The zero-order chi connectivity index (χ0) is 21.0. The minimum Gasteiger partial charge on any atom is -0.480 e. The molecule has 0 unspecified atom stereocenters. The van der Waals surface area contributed by atoms with Gasteiger partial charge in [-0.2, -0.15) is 0 Å². The van der Waals surface area contributed by atoms with Crippen LogP contribution in [0.4, 0.5) is 13.6 Å². The minimum absolute atomic E-state index is 0.0674. The van der Waals surface area contributed by atoms with Crippen LogP contribution in [0, 0.1) is 0 Å². The first-order valence-corrected chi connectivity index (χ1v) is 9.51. The summed E-state index contributed by atoms with van der Waals surface area (Å²) in [5, 5.41) is 9.86. The Balaban J connectivity index is 2.00. The average molecular weight is 403 g/mol. The molecule has 0 radical (unpaired) electrons. The molecule has 3 rings (SSSR count). The second-order valence-corrected chi connectivity index (χ2v) is 6.98. The van der Waals surface area contributed by atoms with Crippen LogP contribution in [-0.2, 0) is 9.53 Å². The van der Waals surface area contributed by atoms with E-state index in [9.17, 15) is 23.5 Å². The van der Waals surface area contributed by atoms with Gasteiger partial charge in [0.05, 0.1) is 13.2 Å². The summed E-state index contributed by atoms with van der Waals surface area (Å²) >= 11 is 0. The number of benzene rings is 2. The van der Waals surface area contributed by atoms with Crippen LogP contribution in [0.2, 0.25) is 0 Å². The molecule has 154 valence electrons. The monoisotopic (exact) mass is 403 g/mol. The summed E-state index contributed by atoms with van der Waals surface area (Å²) in [4.78, 5) is 26.0. The van der Waals surface area contributed by atoms with Gasteiger partial charge in [-0.05, 0) is 35.1 Å². The summed E-state index contributed by atoms with van der Waals surface area (Å²) in [5.41, 5.74) is 3.50. The van der Waals surface area contributed by atoms with E-state index in [4.69, 9.17) is 4.74 Å². The molecule has 0 fully saturated rings. The Labute approximate surface area is 167 Å². The first-order chi connectivity index (χ1) is 14.0. The minimum atomic E-state index is -2.43. The van der Waals surface area contributed by atoms with Crippen molar-refractivity contribution in [2.75, 3.05) is 7.11 Å². The predicted octanol–water partition coefficient (Wildman–Crippen LogP) is 5.10. The molecule has 1 N–H and O–H groups in total. The number of methoxy groups -OCH3 is 1. The molecule has 0 spiro atoms. The molecule has 0 aromatic heterocycles. The highest BCUT2D eigenvalue weighted by atomic mass is 19.3. The molecule has 5 nitrogen and oxygen atoms in total. The van der Waals surface area contributed by atoms with Gasteiger partial charge in [0.25, 0.3) is 0 Å². The number of hydrogen-bond acceptors (Lipinski definition) is 3. The Morgan fingerprint density at radius 2 is 1.52 bits per heavy atom. The van der Waals surface area contributed by atoms with E-state index >= 15 is 0 Å². The number of alkyl halides is 2. The van der Waals surface area contributed by atoms with Crippen LogP contribution in [0.15, 0.2) is 48.5 Å². The second kappa shape index (κ2) is 9.03. The normalized spacial score (nSPS) is 13.7. The Kier molecular flexibility index (Phi) is 6.46. The van der Waals surface area contributed by atoms with Crippen molar-refractivity contribution < 1.29 is 28.2 Å². The van der Waals surface area contributed by atoms with Crippen LogP contribution in [0.25, 0.3) is 11.1 Å². The van der Waals surface area contributed by atoms with Crippen LogP contribution in [0.5, 0.6) is 0 Å². The summed E-state index contributed by atoms with van der Waals surface area (Å²) in [6.45, 7) is 0. The van der Waals surface area contributed by atoms with Crippen molar-refractivity contribution in [2.45, 2.75) is 44.2 Å². The molecule has 29 heavy (non-hydrogen) atoms. The first kappa shape index (κ1) is 20.8. The maximum absolute atomic E-state index is 12.7. The molecule has 1 aliphatic carbocycles. The second-order valence-electron chi connectivity index (χ2n) is 6.98. The number of halogens is 2. The van der Waals surface area contributed by atoms with Crippen molar-refractivity contribution in [2.24, 2.45) is 0 Å². The number of amides is 1. The van der Waals surface area contributed by atoms with Gasteiger partial charge in [-0.15, -0.1) is 0 Å². The van der Waals surface area contributed by atoms with Gasteiger partial charge in [0.1, 0.15) is 6.04 Å². The van der Waals surface area contributed by atoms with Crippen LogP contribution < -0.4 is 0 Å². The van der Waals surface area contributed by atoms with E-state index in [1.807, 2.05) is 48.5 Å². The highest BCUT2D eigenvalue weighted by molar-refractivity contribution is 5.85. The van der Waals surface area contributed by atoms with Crippen molar-refractivity contribution in [1.82, 2.24) is 4.90 Å². The predicted molar refractivity (Wildman–Crippen MR) is 104 cm³/mol. The molecule has 7 heteroatoms. The summed E-state index contributed by atoms with van der Waals surface area (Å²) in [6, 6.07) is 13.2. The third-order valence-corrected chi connectivity index (χ3v) is 5.24. The number of carbonyl (C=O) groups is 2. The molecular weight excluding hydrogens is 380 g/mol. The van der Waals surface area contributed by atoms with Gasteiger partial charge in [0.2, 0.25) is 6.43 Å². The lowest BCUT2D eigenvalue weighted by atomic mass is 9.99. The zero-order valence-electron chi connectivity index (χ0n) is 16.1. The number of carboxylic acid groups (broad SMARTS) is 1. The number of rotatable bonds is 8. The Morgan fingerprint density at radius 1 is 1.00 bits per heavy atom. The fourth-order valence-corrected chi connectivity index (χ4v) is 3.96. The standard InChI is InChI=1S/C22H23F2NO4/c1-29-22(28)25(18(21(26)27)12-6-7-13-19(23)24)20-16-10-4-2-8-14(16)15-9-3-5-11-17(15)20/h2-5,8-11,18-20H,6-7,12-13H2,1H3,(H,26,27)/t18-/m0/s1. The molecule has 0 saturated carbocycles. The van der Waals surface area contributed by atoms with Crippen molar-refractivity contribution in [3.8, 4) is 11.1 Å².